The molecule has 132 valence electrons. The van der Waals surface area contributed by atoms with Crippen molar-refractivity contribution >= 4 is 40.4 Å². The molecule has 7 nitrogen and oxygen atoms in total. The van der Waals surface area contributed by atoms with Crippen LogP contribution in [0.5, 0.6) is 0 Å². The summed E-state index contributed by atoms with van der Waals surface area (Å²) in [7, 11) is 1.54. The number of carboxylic acid groups (broad SMARTS) is 1. The van der Waals surface area contributed by atoms with E-state index in [1.165, 1.54) is 11.9 Å². The molecular formula is C18H16N4O3S. The Morgan fingerprint density at radius 1 is 1.27 bits per heavy atom. The second kappa shape index (κ2) is 6.93. The summed E-state index contributed by atoms with van der Waals surface area (Å²) in [5.41, 5.74) is 9.28. The van der Waals surface area contributed by atoms with Gasteiger partial charge >= 0.3 is 5.97 Å². The molecule has 3 aromatic rings. The lowest BCUT2D eigenvalue weighted by Gasteiger charge is -2.16. The van der Waals surface area contributed by atoms with Crippen LogP contribution in [-0.2, 0) is 9.59 Å². The Hall–Kier alpha value is -3.26. The summed E-state index contributed by atoms with van der Waals surface area (Å²) in [4.78, 5) is 28.8. The molecule has 3 rings (SSSR count). The number of carbonyl (C=O) groups is 2. The monoisotopic (exact) mass is 368 g/mol. The van der Waals surface area contributed by atoms with Crippen LogP contribution in [0.3, 0.4) is 0 Å². The minimum atomic E-state index is -1.16. The highest BCUT2D eigenvalue weighted by atomic mass is 32.1. The van der Waals surface area contributed by atoms with E-state index in [2.05, 4.69) is 4.98 Å². The standard InChI is InChI=1S/C18H16N4O3S/c1-21(16(23)9-17(24)25)13-6-7-22-10-14(20-15(22)8-13)11-2-4-12(5-3-11)18(19)26/h2-8,10H,9H2,1H3,(H2,19,26)(H,24,25). The van der Waals surface area contributed by atoms with Gasteiger partial charge in [-0.2, -0.15) is 0 Å². The first kappa shape index (κ1) is 17.6. The summed E-state index contributed by atoms with van der Waals surface area (Å²) in [6.45, 7) is 0. The van der Waals surface area contributed by atoms with Gasteiger partial charge in [-0.3, -0.25) is 9.59 Å². The number of nitrogens with zero attached hydrogens (tertiary/aromatic N) is 3. The number of thiocarbonyl (C=S) groups is 1. The van der Waals surface area contributed by atoms with Gasteiger partial charge < -0.3 is 20.1 Å². The Labute approximate surface area is 154 Å². The van der Waals surface area contributed by atoms with E-state index in [9.17, 15) is 9.59 Å². The van der Waals surface area contributed by atoms with Gasteiger partial charge in [-0.05, 0) is 6.07 Å². The summed E-state index contributed by atoms with van der Waals surface area (Å²) in [6.07, 6.45) is 3.08. The fourth-order valence-corrected chi connectivity index (χ4v) is 2.65. The third kappa shape index (κ3) is 3.55. The summed E-state index contributed by atoms with van der Waals surface area (Å²) >= 11 is 4.95. The Bertz CT molecular complexity index is 1010. The lowest BCUT2D eigenvalue weighted by Crippen LogP contribution is -2.28. The van der Waals surface area contributed by atoms with Crippen molar-refractivity contribution in [3.05, 3.63) is 54.4 Å². The number of imidazole rings is 1. The maximum atomic E-state index is 11.9. The lowest BCUT2D eigenvalue weighted by atomic mass is 10.1. The summed E-state index contributed by atoms with van der Waals surface area (Å²) < 4.78 is 1.83. The minimum absolute atomic E-state index is 0.338. The maximum Gasteiger partial charge on any atom is 0.312 e. The molecule has 26 heavy (non-hydrogen) atoms. The predicted octanol–water partition coefficient (Wildman–Crippen LogP) is 2.07. The number of aromatic nitrogens is 2. The van der Waals surface area contributed by atoms with Crippen molar-refractivity contribution < 1.29 is 14.7 Å². The van der Waals surface area contributed by atoms with Gasteiger partial charge in [0.25, 0.3) is 0 Å². The average molecular weight is 368 g/mol. The van der Waals surface area contributed by atoms with Crippen LogP contribution >= 0.6 is 12.2 Å². The number of carbonyl (C=O) groups excluding carboxylic acids is 1. The molecule has 0 spiro atoms. The van der Waals surface area contributed by atoms with Gasteiger partial charge in [0.05, 0.1) is 5.69 Å². The van der Waals surface area contributed by atoms with E-state index >= 15 is 0 Å². The highest BCUT2D eigenvalue weighted by Crippen LogP contribution is 2.22. The summed E-state index contributed by atoms with van der Waals surface area (Å²) in [5.74, 6) is -1.66. The van der Waals surface area contributed by atoms with Crippen LogP contribution in [-0.4, -0.2) is 38.4 Å². The van der Waals surface area contributed by atoms with Crippen LogP contribution in [0.2, 0.25) is 0 Å². The fraction of sp³-hybridized carbons (Fsp3) is 0.111. The zero-order chi connectivity index (χ0) is 18.8. The zero-order valence-electron chi connectivity index (χ0n) is 13.9. The van der Waals surface area contributed by atoms with E-state index in [0.717, 1.165) is 16.8 Å². The lowest BCUT2D eigenvalue weighted by molar-refractivity contribution is -0.140. The smallest absolute Gasteiger partial charge is 0.312 e. The number of pyridine rings is 1. The number of hydrogen-bond acceptors (Lipinski definition) is 4. The van der Waals surface area contributed by atoms with E-state index in [0.29, 0.717) is 16.3 Å². The van der Waals surface area contributed by atoms with E-state index in [4.69, 9.17) is 23.1 Å². The second-order valence-corrected chi connectivity index (χ2v) is 6.18. The van der Waals surface area contributed by atoms with Crippen LogP contribution in [0.15, 0.2) is 48.8 Å². The van der Waals surface area contributed by atoms with Crippen molar-refractivity contribution in [1.82, 2.24) is 9.38 Å². The number of anilines is 1. The van der Waals surface area contributed by atoms with Crippen molar-refractivity contribution in [3.63, 3.8) is 0 Å². The largest absolute Gasteiger partial charge is 0.481 e. The highest BCUT2D eigenvalue weighted by molar-refractivity contribution is 7.80. The molecule has 0 saturated heterocycles. The molecule has 1 aromatic carbocycles. The number of carboxylic acids is 1. The van der Waals surface area contributed by atoms with Crippen LogP contribution in [0.1, 0.15) is 12.0 Å². The number of nitrogens with two attached hydrogens (primary N) is 1. The first-order valence-electron chi connectivity index (χ1n) is 7.72. The SMILES string of the molecule is CN(C(=O)CC(=O)O)c1ccn2cc(-c3ccc(C(N)=S)cc3)nc2c1. The van der Waals surface area contributed by atoms with Crippen LogP contribution in [0, 0.1) is 0 Å². The van der Waals surface area contributed by atoms with Gasteiger partial charge in [0.15, 0.2) is 0 Å². The van der Waals surface area contributed by atoms with Crippen molar-refractivity contribution in [3.8, 4) is 11.3 Å². The van der Waals surface area contributed by atoms with Crippen molar-refractivity contribution in [1.29, 1.82) is 0 Å². The topological polar surface area (TPSA) is 101 Å². The highest BCUT2D eigenvalue weighted by Gasteiger charge is 2.15. The predicted molar refractivity (Wildman–Crippen MR) is 102 cm³/mol. The van der Waals surface area contributed by atoms with E-state index in [1.807, 2.05) is 34.9 Å². The van der Waals surface area contributed by atoms with Gasteiger partial charge in [0.1, 0.15) is 17.1 Å². The molecule has 0 aliphatic heterocycles. The molecule has 0 atom stereocenters. The Morgan fingerprint density at radius 3 is 2.58 bits per heavy atom. The number of amides is 1. The molecule has 0 aliphatic carbocycles. The summed E-state index contributed by atoms with van der Waals surface area (Å²) in [6, 6.07) is 10.9. The number of aliphatic carboxylic acids is 1. The molecule has 0 aliphatic rings. The number of fused-ring (bicyclic) bond motifs is 1. The first-order valence-corrected chi connectivity index (χ1v) is 8.13. The molecule has 2 aromatic heterocycles. The van der Waals surface area contributed by atoms with E-state index in [1.54, 1.807) is 18.3 Å². The number of rotatable bonds is 5. The molecule has 0 fully saturated rings. The van der Waals surface area contributed by atoms with Gasteiger partial charge in [0, 0.05) is 42.3 Å². The van der Waals surface area contributed by atoms with Crippen LogP contribution < -0.4 is 10.6 Å². The Kier molecular flexibility index (Phi) is 4.68. The minimum Gasteiger partial charge on any atom is -0.481 e. The van der Waals surface area contributed by atoms with Crippen LogP contribution in [0.4, 0.5) is 5.69 Å². The van der Waals surface area contributed by atoms with Gasteiger partial charge in [-0.15, -0.1) is 0 Å². The second-order valence-electron chi connectivity index (χ2n) is 5.74. The van der Waals surface area contributed by atoms with E-state index in [-0.39, 0.29) is 0 Å². The first-order chi connectivity index (χ1) is 12.3. The molecule has 2 heterocycles. The van der Waals surface area contributed by atoms with Gasteiger partial charge in [-0.1, -0.05) is 36.5 Å². The number of benzene rings is 1. The third-order valence-electron chi connectivity index (χ3n) is 3.97. The molecule has 8 heteroatoms. The van der Waals surface area contributed by atoms with Crippen molar-refractivity contribution in [2.24, 2.45) is 5.73 Å². The Morgan fingerprint density at radius 2 is 1.96 bits per heavy atom. The van der Waals surface area contributed by atoms with Crippen LogP contribution in [0.25, 0.3) is 16.9 Å². The van der Waals surface area contributed by atoms with E-state index < -0.39 is 18.3 Å². The molecule has 3 N–H and O–H groups in total. The average Bonchev–Trinajstić information content (AvgIpc) is 3.03. The molecule has 0 bridgehead atoms. The molecule has 0 unspecified atom stereocenters. The molecule has 1 amide bonds. The normalized spacial score (nSPS) is 10.7. The third-order valence-corrected chi connectivity index (χ3v) is 4.21. The summed E-state index contributed by atoms with van der Waals surface area (Å²) in [5, 5.41) is 8.75. The molecular weight excluding hydrogens is 352 g/mol. The Balaban J connectivity index is 1.91. The van der Waals surface area contributed by atoms with Crippen molar-refractivity contribution in [2.45, 2.75) is 6.42 Å². The molecule has 0 radical (unpaired) electrons. The van der Waals surface area contributed by atoms with Gasteiger partial charge in [-0.25, -0.2) is 4.98 Å². The number of hydrogen-bond donors (Lipinski definition) is 2. The van der Waals surface area contributed by atoms with Gasteiger partial charge in [0.2, 0.25) is 5.91 Å². The fourth-order valence-electron chi connectivity index (χ4n) is 2.52. The quantitative estimate of drug-likeness (QED) is 0.528. The van der Waals surface area contributed by atoms with Crippen molar-refractivity contribution in [2.75, 3.05) is 11.9 Å². The zero-order valence-corrected chi connectivity index (χ0v) is 14.7. The molecule has 0 saturated carbocycles. The maximum absolute atomic E-state index is 11.9.